The molecule has 3 rings (SSSR count). The molecule has 1 aromatic heterocycles. The molecule has 7 heteroatoms. The summed E-state index contributed by atoms with van der Waals surface area (Å²) in [6.07, 6.45) is 2.24. The summed E-state index contributed by atoms with van der Waals surface area (Å²) in [5, 5.41) is 4.04. The number of aromatic nitrogens is 1. The number of rotatable bonds is 4. The highest BCUT2D eigenvalue weighted by Crippen LogP contribution is 2.25. The SMILES string of the molecule is CCNc1nc(C)c(C(=O)N2CCN(C3CCOCC3)CC2)s1. The van der Waals surface area contributed by atoms with Crippen LogP contribution in [-0.2, 0) is 4.74 Å². The van der Waals surface area contributed by atoms with Crippen molar-refractivity contribution in [1.29, 1.82) is 0 Å². The smallest absolute Gasteiger partial charge is 0.266 e. The van der Waals surface area contributed by atoms with Crippen LogP contribution in [0.2, 0.25) is 0 Å². The molecule has 128 valence electrons. The van der Waals surface area contributed by atoms with Crippen molar-refractivity contribution in [2.45, 2.75) is 32.7 Å². The first-order valence-electron chi connectivity index (χ1n) is 8.51. The molecule has 1 amide bonds. The topological polar surface area (TPSA) is 57.7 Å². The summed E-state index contributed by atoms with van der Waals surface area (Å²) in [5.41, 5.74) is 0.836. The summed E-state index contributed by atoms with van der Waals surface area (Å²) in [6.45, 7) is 10.1. The fourth-order valence-electron chi connectivity index (χ4n) is 3.31. The van der Waals surface area contributed by atoms with Gasteiger partial charge in [-0.2, -0.15) is 0 Å². The van der Waals surface area contributed by atoms with Gasteiger partial charge in [-0.3, -0.25) is 9.69 Å². The molecule has 3 heterocycles. The lowest BCUT2D eigenvalue weighted by atomic mass is 10.1. The third kappa shape index (κ3) is 3.84. The van der Waals surface area contributed by atoms with E-state index in [1.54, 1.807) is 0 Å². The molecule has 6 nitrogen and oxygen atoms in total. The van der Waals surface area contributed by atoms with Crippen LogP contribution in [-0.4, -0.2) is 72.7 Å². The van der Waals surface area contributed by atoms with Crippen molar-refractivity contribution in [2.24, 2.45) is 0 Å². The lowest BCUT2D eigenvalue weighted by Gasteiger charge is -2.40. The highest BCUT2D eigenvalue weighted by Gasteiger charge is 2.29. The van der Waals surface area contributed by atoms with E-state index < -0.39 is 0 Å². The van der Waals surface area contributed by atoms with Crippen LogP contribution in [0.15, 0.2) is 0 Å². The maximum Gasteiger partial charge on any atom is 0.266 e. The zero-order valence-corrected chi connectivity index (χ0v) is 14.8. The highest BCUT2D eigenvalue weighted by molar-refractivity contribution is 7.17. The molecule has 23 heavy (non-hydrogen) atoms. The van der Waals surface area contributed by atoms with Gasteiger partial charge in [0.2, 0.25) is 0 Å². The van der Waals surface area contributed by atoms with Crippen LogP contribution >= 0.6 is 11.3 Å². The van der Waals surface area contributed by atoms with Gasteiger partial charge in [-0.15, -0.1) is 0 Å². The normalized spacial score (nSPS) is 20.7. The third-order valence-corrected chi connectivity index (χ3v) is 5.73. The van der Waals surface area contributed by atoms with Gasteiger partial charge >= 0.3 is 0 Å². The fourth-order valence-corrected chi connectivity index (χ4v) is 4.31. The number of nitrogens with zero attached hydrogens (tertiary/aromatic N) is 3. The van der Waals surface area contributed by atoms with Crippen molar-refractivity contribution < 1.29 is 9.53 Å². The van der Waals surface area contributed by atoms with Gasteiger partial charge in [-0.05, 0) is 26.7 Å². The van der Waals surface area contributed by atoms with Gasteiger partial charge in [0.25, 0.3) is 5.91 Å². The molecule has 0 atom stereocenters. The lowest BCUT2D eigenvalue weighted by molar-refractivity contribution is 0.0138. The van der Waals surface area contributed by atoms with Gasteiger partial charge in [0.05, 0.1) is 5.69 Å². The Morgan fingerprint density at radius 1 is 1.30 bits per heavy atom. The summed E-state index contributed by atoms with van der Waals surface area (Å²) >= 11 is 1.47. The summed E-state index contributed by atoms with van der Waals surface area (Å²) in [5.74, 6) is 0.135. The second-order valence-corrected chi connectivity index (χ2v) is 7.13. The molecule has 1 N–H and O–H groups in total. The average Bonchev–Trinajstić information content (AvgIpc) is 2.96. The maximum atomic E-state index is 12.8. The fraction of sp³-hybridized carbons (Fsp3) is 0.750. The summed E-state index contributed by atoms with van der Waals surface area (Å²) in [7, 11) is 0. The minimum absolute atomic E-state index is 0.135. The molecule has 2 saturated heterocycles. The van der Waals surface area contributed by atoms with Gasteiger partial charge in [0, 0.05) is 52.0 Å². The molecule has 0 saturated carbocycles. The molecule has 2 aliphatic heterocycles. The highest BCUT2D eigenvalue weighted by atomic mass is 32.1. The molecule has 1 aromatic rings. The lowest BCUT2D eigenvalue weighted by Crippen LogP contribution is -2.53. The van der Waals surface area contributed by atoms with Crippen molar-refractivity contribution in [3.63, 3.8) is 0 Å². The number of hydrogen-bond donors (Lipinski definition) is 1. The van der Waals surface area contributed by atoms with E-state index in [-0.39, 0.29) is 5.91 Å². The van der Waals surface area contributed by atoms with Crippen molar-refractivity contribution >= 4 is 22.4 Å². The Labute approximate surface area is 141 Å². The van der Waals surface area contributed by atoms with Crippen LogP contribution in [0, 0.1) is 6.92 Å². The zero-order chi connectivity index (χ0) is 16.2. The van der Waals surface area contributed by atoms with E-state index in [1.165, 1.54) is 11.3 Å². The van der Waals surface area contributed by atoms with Gasteiger partial charge in [0.1, 0.15) is 4.88 Å². The first kappa shape index (κ1) is 16.7. The average molecular weight is 338 g/mol. The van der Waals surface area contributed by atoms with Crippen molar-refractivity contribution in [3.8, 4) is 0 Å². The molecule has 2 fully saturated rings. The molecule has 0 radical (unpaired) electrons. The minimum atomic E-state index is 0.135. The number of amides is 1. The number of nitrogens with one attached hydrogen (secondary N) is 1. The molecular weight excluding hydrogens is 312 g/mol. The number of hydrogen-bond acceptors (Lipinski definition) is 6. The van der Waals surface area contributed by atoms with Crippen molar-refractivity contribution in [3.05, 3.63) is 10.6 Å². The Bertz CT molecular complexity index is 534. The van der Waals surface area contributed by atoms with Crippen LogP contribution in [0.1, 0.15) is 35.1 Å². The third-order valence-electron chi connectivity index (χ3n) is 4.63. The van der Waals surface area contributed by atoms with Gasteiger partial charge in [0.15, 0.2) is 5.13 Å². The molecule has 0 spiro atoms. The molecular formula is C16H26N4O2S. The van der Waals surface area contributed by atoms with Gasteiger partial charge in [-0.1, -0.05) is 11.3 Å². The summed E-state index contributed by atoms with van der Waals surface area (Å²) in [6, 6.07) is 0.631. The van der Waals surface area contributed by atoms with Crippen molar-refractivity contribution in [2.75, 3.05) is 51.3 Å². The number of carbonyl (C=O) groups is 1. The van der Waals surface area contributed by atoms with Crippen molar-refractivity contribution in [1.82, 2.24) is 14.8 Å². The molecule has 0 unspecified atom stereocenters. The predicted molar refractivity (Wildman–Crippen MR) is 92.3 cm³/mol. The van der Waals surface area contributed by atoms with Gasteiger partial charge < -0.3 is 15.0 Å². The Kier molecular flexibility index (Phi) is 5.50. The number of aryl methyl sites for hydroxylation is 1. The molecule has 0 bridgehead atoms. The maximum absolute atomic E-state index is 12.8. The zero-order valence-electron chi connectivity index (χ0n) is 14.0. The molecule has 0 aliphatic carbocycles. The van der Waals surface area contributed by atoms with Crippen LogP contribution < -0.4 is 5.32 Å². The van der Waals surface area contributed by atoms with E-state index in [1.807, 2.05) is 18.7 Å². The van der Waals surface area contributed by atoms with Gasteiger partial charge in [-0.25, -0.2) is 4.98 Å². The largest absolute Gasteiger partial charge is 0.381 e. The predicted octanol–water partition coefficient (Wildman–Crippen LogP) is 1.82. The second-order valence-electron chi connectivity index (χ2n) is 6.14. The number of ether oxygens (including phenoxy) is 1. The first-order valence-corrected chi connectivity index (χ1v) is 9.33. The molecule has 0 aromatic carbocycles. The minimum Gasteiger partial charge on any atom is -0.381 e. The van der Waals surface area contributed by atoms with Crippen LogP contribution in [0.3, 0.4) is 0 Å². The monoisotopic (exact) mass is 338 g/mol. The quantitative estimate of drug-likeness (QED) is 0.907. The molecule has 2 aliphatic rings. The van der Waals surface area contributed by atoms with Crippen LogP contribution in [0.4, 0.5) is 5.13 Å². The van der Waals surface area contributed by atoms with E-state index in [9.17, 15) is 4.79 Å². The van der Waals surface area contributed by atoms with Crippen LogP contribution in [0.5, 0.6) is 0 Å². The number of anilines is 1. The van der Waals surface area contributed by atoms with E-state index in [4.69, 9.17) is 4.74 Å². The summed E-state index contributed by atoms with van der Waals surface area (Å²) < 4.78 is 5.44. The Morgan fingerprint density at radius 2 is 2.00 bits per heavy atom. The number of thiazole rings is 1. The van der Waals surface area contributed by atoms with Crippen LogP contribution in [0.25, 0.3) is 0 Å². The van der Waals surface area contributed by atoms with E-state index in [0.717, 1.165) is 74.5 Å². The van der Waals surface area contributed by atoms with E-state index in [2.05, 4.69) is 15.2 Å². The van der Waals surface area contributed by atoms with E-state index in [0.29, 0.717) is 6.04 Å². The summed E-state index contributed by atoms with van der Waals surface area (Å²) in [4.78, 5) is 22.5. The number of piperazine rings is 1. The first-order chi connectivity index (χ1) is 11.2. The Hall–Kier alpha value is -1.18. The standard InChI is InChI=1S/C16H26N4O2S/c1-3-17-16-18-12(2)14(23-16)15(21)20-8-6-19(7-9-20)13-4-10-22-11-5-13/h13H,3-11H2,1-2H3,(H,17,18). The second kappa shape index (κ2) is 7.59. The Balaban J connectivity index is 1.57. The Morgan fingerprint density at radius 3 is 2.65 bits per heavy atom. The number of carbonyl (C=O) groups excluding carboxylic acids is 1. The van der Waals surface area contributed by atoms with E-state index >= 15 is 0 Å².